The van der Waals surface area contributed by atoms with Gasteiger partial charge in [-0.25, -0.2) is 9.59 Å². The molecule has 116 valence electrons. The lowest BCUT2D eigenvalue weighted by Gasteiger charge is -2.18. The summed E-state index contributed by atoms with van der Waals surface area (Å²) in [7, 11) is 0. The van der Waals surface area contributed by atoms with Crippen LogP contribution in [0.3, 0.4) is 0 Å². The number of carbonyl (C=O) groups is 2. The van der Waals surface area contributed by atoms with Crippen LogP contribution < -0.4 is 0 Å². The summed E-state index contributed by atoms with van der Waals surface area (Å²) >= 11 is 0. The van der Waals surface area contributed by atoms with Crippen molar-refractivity contribution in [3.05, 3.63) is 48.2 Å². The molecule has 0 aliphatic carbocycles. The third kappa shape index (κ3) is 7.71. The maximum atomic E-state index is 10.4. The van der Waals surface area contributed by atoms with E-state index in [4.69, 9.17) is 20.4 Å². The van der Waals surface area contributed by atoms with Crippen LogP contribution in [0, 0.1) is 0 Å². The molecule has 0 unspecified atom stereocenters. The van der Waals surface area contributed by atoms with Gasteiger partial charge in [-0.15, -0.1) is 0 Å². The predicted molar refractivity (Wildman–Crippen MR) is 73.7 cm³/mol. The first-order valence-corrected chi connectivity index (χ1v) is 6.03. The van der Waals surface area contributed by atoms with E-state index in [0.717, 1.165) is 12.3 Å². The molecule has 0 aliphatic rings. The average molecular weight is 298 g/mol. The van der Waals surface area contributed by atoms with Crippen LogP contribution in [0.2, 0.25) is 0 Å². The standard InChI is InChI=1S/C8H6O4.C6H12O3/c9-7(10)5-2-1-3-6(4-5)8(11)12;1-3-5-6(7,8)9-4-2/h1-4H,(H,9,10)(H,11,12);4,7-8H,2-3,5H2,1H3. The number of aliphatic hydroxyl groups is 2. The van der Waals surface area contributed by atoms with E-state index in [-0.39, 0.29) is 17.5 Å². The summed E-state index contributed by atoms with van der Waals surface area (Å²) in [6, 6.07) is 5.20. The van der Waals surface area contributed by atoms with Crippen molar-refractivity contribution in [2.75, 3.05) is 0 Å². The van der Waals surface area contributed by atoms with Crippen LogP contribution in [0.4, 0.5) is 0 Å². The first kappa shape index (κ1) is 18.6. The Morgan fingerprint density at radius 2 is 1.71 bits per heavy atom. The molecular weight excluding hydrogens is 280 g/mol. The molecule has 4 N–H and O–H groups in total. The largest absolute Gasteiger partial charge is 0.478 e. The van der Waals surface area contributed by atoms with E-state index in [1.54, 1.807) is 0 Å². The van der Waals surface area contributed by atoms with E-state index < -0.39 is 17.9 Å². The molecule has 0 spiro atoms. The van der Waals surface area contributed by atoms with Gasteiger partial charge in [0, 0.05) is 6.42 Å². The molecule has 0 radical (unpaired) electrons. The van der Waals surface area contributed by atoms with Crippen LogP contribution in [0.1, 0.15) is 40.5 Å². The Morgan fingerprint density at radius 1 is 1.24 bits per heavy atom. The van der Waals surface area contributed by atoms with Gasteiger partial charge in [-0.05, 0) is 24.6 Å². The van der Waals surface area contributed by atoms with Crippen molar-refractivity contribution in [1.29, 1.82) is 0 Å². The summed E-state index contributed by atoms with van der Waals surface area (Å²) in [5.41, 5.74) is -0.0372. The number of benzene rings is 1. The van der Waals surface area contributed by atoms with Crippen LogP contribution in [-0.2, 0) is 4.74 Å². The maximum absolute atomic E-state index is 10.4. The quantitative estimate of drug-likeness (QED) is 0.465. The molecule has 0 fully saturated rings. The molecule has 1 aromatic carbocycles. The molecular formula is C14H18O7. The van der Waals surface area contributed by atoms with E-state index in [9.17, 15) is 9.59 Å². The Balaban J connectivity index is 0.000000400. The van der Waals surface area contributed by atoms with Gasteiger partial charge in [-0.2, -0.15) is 0 Å². The summed E-state index contributed by atoms with van der Waals surface area (Å²) < 4.78 is 4.34. The monoisotopic (exact) mass is 298 g/mol. The number of rotatable bonds is 6. The van der Waals surface area contributed by atoms with Gasteiger partial charge in [0.2, 0.25) is 0 Å². The van der Waals surface area contributed by atoms with Crippen LogP contribution >= 0.6 is 0 Å². The fourth-order valence-electron chi connectivity index (χ4n) is 1.30. The highest BCUT2D eigenvalue weighted by Crippen LogP contribution is 2.09. The Kier molecular flexibility index (Phi) is 7.74. The summed E-state index contributed by atoms with van der Waals surface area (Å²) in [6.45, 7) is 5.01. The number of hydrogen-bond acceptors (Lipinski definition) is 5. The van der Waals surface area contributed by atoms with Crippen LogP contribution in [0.5, 0.6) is 0 Å². The van der Waals surface area contributed by atoms with E-state index in [2.05, 4.69) is 11.3 Å². The Bertz CT molecular complexity index is 465. The lowest BCUT2D eigenvalue weighted by Crippen LogP contribution is -2.29. The van der Waals surface area contributed by atoms with Crippen molar-refractivity contribution in [1.82, 2.24) is 0 Å². The zero-order valence-corrected chi connectivity index (χ0v) is 11.5. The normalized spacial score (nSPS) is 10.0. The van der Waals surface area contributed by atoms with Gasteiger partial charge < -0.3 is 25.2 Å². The van der Waals surface area contributed by atoms with E-state index in [1.165, 1.54) is 18.2 Å². The highest BCUT2D eigenvalue weighted by Gasteiger charge is 2.21. The Labute approximate surface area is 121 Å². The lowest BCUT2D eigenvalue weighted by molar-refractivity contribution is -0.316. The lowest BCUT2D eigenvalue weighted by atomic mass is 10.1. The van der Waals surface area contributed by atoms with Gasteiger partial charge in [0.05, 0.1) is 17.4 Å². The highest BCUT2D eigenvalue weighted by atomic mass is 16.8. The van der Waals surface area contributed by atoms with Crippen molar-refractivity contribution < 1.29 is 34.8 Å². The molecule has 0 amide bonds. The Hall–Kier alpha value is -2.38. The zero-order valence-electron chi connectivity index (χ0n) is 11.5. The van der Waals surface area contributed by atoms with Crippen molar-refractivity contribution in [3.8, 4) is 0 Å². The topological polar surface area (TPSA) is 124 Å². The molecule has 0 aromatic heterocycles. The molecule has 7 heteroatoms. The van der Waals surface area contributed by atoms with Crippen LogP contribution in [0.15, 0.2) is 37.1 Å². The minimum Gasteiger partial charge on any atom is -0.478 e. The number of carboxylic acids is 2. The fraction of sp³-hybridized carbons (Fsp3) is 0.286. The predicted octanol–water partition coefficient (Wildman–Crippen LogP) is 1.67. The van der Waals surface area contributed by atoms with Crippen LogP contribution in [-0.4, -0.2) is 38.3 Å². The summed E-state index contributed by atoms with van der Waals surface area (Å²) in [4.78, 5) is 20.8. The number of ether oxygens (including phenoxy) is 1. The first-order valence-electron chi connectivity index (χ1n) is 6.03. The molecule has 0 bridgehead atoms. The molecule has 1 aromatic rings. The van der Waals surface area contributed by atoms with Gasteiger partial charge in [-0.3, -0.25) is 0 Å². The zero-order chi connectivity index (χ0) is 16.5. The molecule has 1 rings (SSSR count). The number of carboxylic acid groups (broad SMARTS) is 2. The highest BCUT2D eigenvalue weighted by molar-refractivity contribution is 5.93. The summed E-state index contributed by atoms with van der Waals surface area (Å²) in [5, 5.41) is 34.5. The number of hydrogen-bond donors (Lipinski definition) is 4. The SMILES string of the molecule is C=COC(O)(O)CCC.O=C(O)c1cccc(C(=O)O)c1. The van der Waals surface area contributed by atoms with Crippen molar-refractivity contribution in [2.45, 2.75) is 25.7 Å². The van der Waals surface area contributed by atoms with Crippen molar-refractivity contribution in [3.63, 3.8) is 0 Å². The van der Waals surface area contributed by atoms with E-state index in [0.29, 0.717) is 6.42 Å². The van der Waals surface area contributed by atoms with E-state index >= 15 is 0 Å². The second-order valence-electron chi connectivity index (χ2n) is 3.97. The van der Waals surface area contributed by atoms with Crippen LogP contribution in [0.25, 0.3) is 0 Å². The summed E-state index contributed by atoms with van der Waals surface area (Å²) in [6.07, 6.45) is 1.86. The van der Waals surface area contributed by atoms with Gasteiger partial charge in [0.25, 0.3) is 0 Å². The molecule has 0 heterocycles. The molecule has 0 aliphatic heterocycles. The average Bonchev–Trinajstić information content (AvgIpc) is 2.39. The third-order valence-electron chi connectivity index (χ3n) is 2.20. The minimum atomic E-state index is -2.02. The minimum absolute atomic E-state index is 0.0186. The van der Waals surface area contributed by atoms with Crippen molar-refractivity contribution in [2.24, 2.45) is 0 Å². The van der Waals surface area contributed by atoms with Gasteiger partial charge >= 0.3 is 17.9 Å². The number of aromatic carboxylic acids is 2. The van der Waals surface area contributed by atoms with Crippen molar-refractivity contribution >= 4 is 11.9 Å². The summed E-state index contributed by atoms with van der Waals surface area (Å²) in [5.74, 6) is -4.27. The first-order chi connectivity index (χ1) is 9.73. The van der Waals surface area contributed by atoms with Gasteiger partial charge in [0.1, 0.15) is 0 Å². The smallest absolute Gasteiger partial charge is 0.335 e. The molecule has 0 saturated carbocycles. The second-order valence-corrected chi connectivity index (χ2v) is 3.97. The van der Waals surface area contributed by atoms with Gasteiger partial charge in [-0.1, -0.05) is 19.6 Å². The molecule has 21 heavy (non-hydrogen) atoms. The molecule has 7 nitrogen and oxygen atoms in total. The fourth-order valence-corrected chi connectivity index (χ4v) is 1.30. The molecule has 0 saturated heterocycles. The third-order valence-corrected chi connectivity index (χ3v) is 2.20. The maximum Gasteiger partial charge on any atom is 0.335 e. The van der Waals surface area contributed by atoms with Gasteiger partial charge in [0.15, 0.2) is 0 Å². The molecule has 0 atom stereocenters. The second kappa shape index (κ2) is 8.72. The Morgan fingerprint density at radius 3 is 2.05 bits per heavy atom. The van der Waals surface area contributed by atoms with E-state index in [1.807, 2.05) is 6.92 Å².